The fraction of sp³-hybridized carbons (Fsp3) is 0.381. The van der Waals surface area contributed by atoms with Gasteiger partial charge in [0.2, 0.25) is 5.91 Å². The molecule has 7 heteroatoms. The van der Waals surface area contributed by atoms with E-state index in [1.807, 2.05) is 31.1 Å². The molecule has 0 unspecified atom stereocenters. The third-order valence-corrected chi connectivity index (χ3v) is 5.37. The number of para-hydroxylation sites is 1. The van der Waals surface area contributed by atoms with E-state index in [1.54, 1.807) is 40.6 Å². The number of thiophene rings is 1. The summed E-state index contributed by atoms with van der Waals surface area (Å²) in [5.74, 6) is -0.269. The largest absolute Gasteiger partial charge is 0.339 e. The number of hydrogen-bond acceptors (Lipinski definition) is 4. The summed E-state index contributed by atoms with van der Waals surface area (Å²) in [5, 5.41) is 6.44. The molecular weight excluding hydrogens is 374 g/mol. The molecule has 148 valence electrons. The average Bonchev–Trinajstić information content (AvgIpc) is 3.22. The van der Waals surface area contributed by atoms with Gasteiger partial charge in [-0.2, -0.15) is 11.3 Å². The van der Waals surface area contributed by atoms with Crippen molar-refractivity contribution in [3.05, 3.63) is 52.2 Å². The first-order valence-electron chi connectivity index (χ1n) is 9.28. The molecule has 6 nitrogen and oxygen atoms in total. The SMILES string of the molecule is CC(C)(C)C(=O)N1CCN(C(=O)c2ccccc2NC(=O)c2ccsc2)CC1. The van der Waals surface area contributed by atoms with Crippen LogP contribution in [0.5, 0.6) is 0 Å². The second-order valence-electron chi connectivity index (χ2n) is 7.85. The van der Waals surface area contributed by atoms with E-state index < -0.39 is 5.41 Å². The van der Waals surface area contributed by atoms with Gasteiger partial charge in [-0.3, -0.25) is 14.4 Å². The maximum absolute atomic E-state index is 13.0. The predicted molar refractivity (Wildman–Crippen MR) is 111 cm³/mol. The van der Waals surface area contributed by atoms with Crippen molar-refractivity contribution in [1.29, 1.82) is 0 Å². The number of nitrogens with zero attached hydrogens (tertiary/aromatic N) is 2. The molecule has 1 N–H and O–H groups in total. The molecule has 1 aliphatic rings. The topological polar surface area (TPSA) is 69.7 Å². The van der Waals surface area contributed by atoms with Crippen molar-refractivity contribution < 1.29 is 14.4 Å². The highest BCUT2D eigenvalue weighted by molar-refractivity contribution is 7.08. The van der Waals surface area contributed by atoms with Crippen LogP contribution in [0.2, 0.25) is 0 Å². The third-order valence-electron chi connectivity index (χ3n) is 4.68. The summed E-state index contributed by atoms with van der Waals surface area (Å²) in [6.07, 6.45) is 0. The smallest absolute Gasteiger partial charge is 0.256 e. The number of nitrogens with one attached hydrogen (secondary N) is 1. The van der Waals surface area contributed by atoms with Crippen LogP contribution >= 0.6 is 11.3 Å². The van der Waals surface area contributed by atoms with Gasteiger partial charge in [-0.15, -0.1) is 0 Å². The van der Waals surface area contributed by atoms with Crippen LogP contribution in [0.15, 0.2) is 41.1 Å². The van der Waals surface area contributed by atoms with E-state index in [1.165, 1.54) is 11.3 Å². The van der Waals surface area contributed by atoms with Crippen LogP contribution < -0.4 is 5.32 Å². The normalized spacial score (nSPS) is 14.7. The van der Waals surface area contributed by atoms with Gasteiger partial charge in [-0.1, -0.05) is 32.9 Å². The number of amides is 3. The Labute approximate surface area is 169 Å². The van der Waals surface area contributed by atoms with E-state index in [4.69, 9.17) is 0 Å². The third kappa shape index (κ3) is 4.42. The van der Waals surface area contributed by atoms with Crippen LogP contribution in [0.1, 0.15) is 41.5 Å². The van der Waals surface area contributed by atoms with Crippen LogP contribution in [0.3, 0.4) is 0 Å². The van der Waals surface area contributed by atoms with Crippen molar-refractivity contribution in [3.63, 3.8) is 0 Å². The lowest BCUT2D eigenvalue weighted by Crippen LogP contribution is -2.53. The Balaban J connectivity index is 1.69. The van der Waals surface area contributed by atoms with Gasteiger partial charge in [0.25, 0.3) is 11.8 Å². The van der Waals surface area contributed by atoms with Crippen molar-refractivity contribution in [1.82, 2.24) is 9.80 Å². The molecule has 0 bridgehead atoms. The molecule has 2 heterocycles. The number of carbonyl (C=O) groups excluding carboxylic acids is 3. The van der Waals surface area contributed by atoms with Crippen molar-refractivity contribution >= 4 is 34.7 Å². The van der Waals surface area contributed by atoms with Crippen LogP contribution in [0.4, 0.5) is 5.69 Å². The lowest BCUT2D eigenvalue weighted by Gasteiger charge is -2.37. The monoisotopic (exact) mass is 399 g/mol. The second kappa shape index (κ2) is 8.14. The van der Waals surface area contributed by atoms with Crippen molar-refractivity contribution in [3.8, 4) is 0 Å². The minimum absolute atomic E-state index is 0.100. The van der Waals surface area contributed by atoms with Crippen LogP contribution in [0.25, 0.3) is 0 Å². The van der Waals surface area contributed by atoms with Gasteiger partial charge in [0.15, 0.2) is 0 Å². The van der Waals surface area contributed by atoms with E-state index in [0.29, 0.717) is 43.0 Å². The summed E-state index contributed by atoms with van der Waals surface area (Å²) in [7, 11) is 0. The molecule has 2 aromatic rings. The Morgan fingerprint density at radius 3 is 2.21 bits per heavy atom. The summed E-state index contributed by atoms with van der Waals surface area (Å²) in [6, 6.07) is 8.78. The zero-order valence-electron chi connectivity index (χ0n) is 16.4. The Hall–Kier alpha value is -2.67. The van der Waals surface area contributed by atoms with E-state index in [-0.39, 0.29) is 17.7 Å². The first-order valence-corrected chi connectivity index (χ1v) is 10.2. The standard InChI is InChI=1S/C21H25N3O3S/c1-21(2,3)20(27)24-11-9-23(10-12-24)19(26)16-6-4-5-7-17(16)22-18(25)15-8-13-28-14-15/h4-8,13-14H,9-12H2,1-3H3,(H,22,25). The van der Waals surface area contributed by atoms with E-state index in [0.717, 1.165) is 0 Å². The highest BCUT2D eigenvalue weighted by atomic mass is 32.1. The van der Waals surface area contributed by atoms with Gasteiger partial charge in [0, 0.05) is 37.0 Å². The lowest BCUT2D eigenvalue weighted by molar-refractivity contribution is -0.140. The van der Waals surface area contributed by atoms with Gasteiger partial charge in [0.05, 0.1) is 16.8 Å². The van der Waals surface area contributed by atoms with Crippen molar-refractivity contribution in [2.24, 2.45) is 5.41 Å². The summed E-state index contributed by atoms with van der Waals surface area (Å²) < 4.78 is 0. The molecule has 1 aromatic heterocycles. The first-order chi connectivity index (χ1) is 13.3. The second-order valence-corrected chi connectivity index (χ2v) is 8.63. The summed E-state index contributed by atoms with van der Waals surface area (Å²) >= 11 is 1.45. The molecule has 0 spiro atoms. The molecule has 0 aliphatic carbocycles. The summed E-state index contributed by atoms with van der Waals surface area (Å²) in [5.41, 5.74) is 1.10. The summed E-state index contributed by atoms with van der Waals surface area (Å²) in [6.45, 7) is 7.70. The molecule has 0 saturated carbocycles. The molecule has 1 saturated heterocycles. The zero-order valence-corrected chi connectivity index (χ0v) is 17.2. The average molecular weight is 400 g/mol. The minimum Gasteiger partial charge on any atom is -0.339 e. The number of anilines is 1. The number of carbonyl (C=O) groups is 3. The predicted octanol–water partition coefficient (Wildman–Crippen LogP) is 3.33. The van der Waals surface area contributed by atoms with Crippen LogP contribution in [-0.2, 0) is 4.79 Å². The van der Waals surface area contributed by atoms with E-state index >= 15 is 0 Å². The zero-order chi connectivity index (χ0) is 20.3. The Bertz CT molecular complexity index is 863. The molecule has 1 aliphatic heterocycles. The molecule has 1 aromatic carbocycles. The maximum atomic E-state index is 13.0. The van der Waals surface area contributed by atoms with Gasteiger partial charge < -0.3 is 15.1 Å². The highest BCUT2D eigenvalue weighted by Crippen LogP contribution is 2.22. The molecule has 0 radical (unpaired) electrons. The number of benzene rings is 1. The van der Waals surface area contributed by atoms with Crippen molar-refractivity contribution in [2.75, 3.05) is 31.5 Å². The van der Waals surface area contributed by atoms with E-state index in [2.05, 4.69) is 5.32 Å². The maximum Gasteiger partial charge on any atom is 0.256 e. The first kappa shape index (κ1) is 20.1. The Morgan fingerprint density at radius 1 is 0.964 bits per heavy atom. The lowest BCUT2D eigenvalue weighted by atomic mass is 9.94. The van der Waals surface area contributed by atoms with Gasteiger partial charge in [-0.25, -0.2) is 0 Å². The number of rotatable bonds is 3. The fourth-order valence-corrected chi connectivity index (χ4v) is 3.76. The van der Waals surface area contributed by atoms with Gasteiger partial charge >= 0.3 is 0 Å². The molecule has 1 fully saturated rings. The van der Waals surface area contributed by atoms with Crippen LogP contribution in [0, 0.1) is 5.41 Å². The van der Waals surface area contributed by atoms with Gasteiger partial charge in [0.1, 0.15) is 0 Å². The van der Waals surface area contributed by atoms with Crippen LogP contribution in [-0.4, -0.2) is 53.7 Å². The molecule has 0 atom stereocenters. The van der Waals surface area contributed by atoms with Crippen molar-refractivity contribution in [2.45, 2.75) is 20.8 Å². The van der Waals surface area contributed by atoms with E-state index in [9.17, 15) is 14.4 Å². The molecule has 28 heavy (non-hydrogen) atoms. The Morgan fingerprint density at radius 2 is 1.61 bits per heavy atom. The molecular formula is C21H25N3O3S. The number of piperazine rings is 1. The fourth-order valence-electron chi connectivity index (χ4n) is 3.12. The summed E-state index contributed by atoms with van der Waals surface area (Å²) in [4.78, 5) is 41.4. The molecule has 3 amide bonds. The quantitative estimate of drug-likeness (QED) is 0.861. The molecule has 3 rings (SSSR count). The van der Waals surface area contributed by atoms with Gasteiger partial charge in [-0.05, 0) is 23.6 Å². The number of hydrogen-bond donors (Lipinski definition) is 1. The Kier molecular flexibility index (Phi) is 5.84. The highest BCUT2D eigenvalue weighted by Gasteiger charge is 2.31. The minimum atomic E-state index is -0.426.